The fourth-order valence-electron chi connectivity index (χ4n) is 2.66. The van der Waals surface area contributed by atoms with E-state index >= 15 is 0 Å². The Kier molecular flexibility index (Phi) is 6.07. The molecule has 1 N–H and O–H groups in total. The molecule has 0 unspecified atom stereocenters. The van der Waals surface area contributed by atoms with Crippen LogP contribution in [0.1, 0.15) is 22.8 Å². The van der Waals surface area contributed by atoms with E-state index in [4.69, 9.17) is 4.74 Å². The molecule has 3 aromatic rings. The minimum Gasteiger partial charge on any atom is -0.488 e. The minimum atomic E-state index is -0.253. The van der Waals surface area contributed by atoms with Gasteiger partial charge in [-0.15, -0.1) is 0 Å². The number of rotatable bonds is 6. The number of amides is 2. The fourth-order valence-corrected chi connectivity index (χ4v) is 2.66. The third kappa shape index (κ3) is 4.76. The maximum atomic E-state index is 12.7. The Balaban J connectivity index is 1.70. The van der Waals surface area contributed by atoms with Crippen molar-refractivity contribution in [3.8, 4) is 5.75 Å². The molecule has 0 radical (unpaired) electrons. The van der Waals surface area contributed by atoms with Crippen molar-refractivity contribution in [3.63, 3.8) is 0 Å². The van der Waals surface area contributed by atoms with Crippen LogP contribution in [0.4, 0.5) is 11.4 Å². The molecular weight excluding hydrogens is 352 g/mol. The Morgan fingerprint density at radius 2 is 1.54 bits per heavy atom. The largest absolute Gasteiger partial charge is 0.488 e. The Labute approximate surface area is 164 Å². The van der Waals surface area contributed by atoms with E-state index < -0.39 is 0 Å². The van der Waals surface area contributed by atoms with Gasteiger partial charge in [-0.3, -0.25) is 9.59 Å². The number of carbonyl (C=O) groups is 2. The number of carbonyl (C=O) groups excluding carboxylic acids is 2. The maximum absolute atomic E-state index is 12.7. The number of nitrogens with one attached hydrogen (secondary N) is 1. The maximum Gasteiger partial charge on any atom is 0.259 e. The van der Waals surface area contributed by atoms with E-state index in [-0.39, 0.29) is 11.8 Å². The van der Waals surface area contributed by atoms with Gasteiger partial charge in [-0.2, -0.15) is 0 Å². The number of ether oxygens (including phenoxy) is 1. The molecule has 0 heterocycles. The average molecular weight is 374 g/mol. The highest BCUT2D eigenvalue weighted by molar-refractivity contribution is 6.06. The smallest absolute Gasteiger partial charge is 0.259 e. The molecule has 5 nitrogen and oxygen atoms in total. The van der Waals surface area contributed by atoms with Crippen molar-refractivity contribution in [2.24, 2.45) is 0 Å². The molecular formula is C23H22N2O3. The monoisotopic (exact) mass is 374 g/mol. The van der Waals surface area contributed by atoms with E-state index in [9.17, 15) is 9.59 Å². The lowest BCUT2D eigenvalue weighted by atomic mass is 10.1. The molecule has 0 bridgehead atoms. The van der Waals surface area contributed by atoms with Crippen molar-refractivity contribution in [3.05, 3.63) is 90.0 Å². The lowest BCUT2D eigenvalue weighted by Gasteiger charge is -2.16. The number of benzene rings is 3. The lowest BCUT2D eigenvalue weighted by Crippen LogP contribution is -2.22. The lowest BCUT2D eigenvalue weighted by molar-refractivity contribution is -0.116. The summed E-state index contributed by atoms with van der Waals surface area (Å²) in [6.45, 7) is 1.89. The van der Waals surface area contributed by atoms with Crippen LogP contribution in [0.3, 0.4) is 0 Å². The van der Waals surface area contributed by atoms with Gasteiger partial charge in [-0.1, -0.05) is 42.5 Å². The van der Waals surface area contributed by atoms with Crippen LogP contribution < -0.4 is 15.0 Å². The van der Waals surface area contributed by atoms with Gasteiger partial charge in [-0.25, -0.2) is 0 Å². The Bertz CT molecular complexity index is 953. The van der Waals surface area contributed by atoms with Gasteiger partial charge in [0.2, 0.25) is 5.91 Å². The Hall–Kier alpha value is -3.60. The molecule has 0 aliphatic heterocycles. The molecule has 0 aromatic heterocycles. The summed E-state index contributed by atoms with van der Waals surface area (Å²) in [6, 6.07) is 24.0. The van der Waals surface area contributed by atoms with Gasteiger partial charge in [0.15, 0.2) is 0 Å². The molecule has 28 heavy (non-hydrogen) atoms. The minimum absolute atomic E-state index is 0.0544. The highest BCUT2D eigenvalue weighted by Crippen LogP contribution is 2.22. The second kappa shape index (κ2) is 8.86. The molecule has 0 saturated heterocycles. The molecule has 0 spiro atoms. The van der Waals surface area contributed by atoms with Gasteiger partial charge in [0.1, 0.15) is 12.4 Å². The van der Waals surface area contributed by atoms with Gasteiger partial charge < -0.3 is 15.0 Å². The normalized spacial score (nSPS) is 10.2. The van der Waals surface area contributed by atoms with Crippen molar-refractivity contribution < 1.29 is 14.3 Å². The van der Waals surface area contributed by atoms with E-state index in [2.05, 4.69) is 5.32 Å². The molecule has 5 heteroatoms. The average Bonchev–Trinajstić information content (AvgIpc) is 2.73. The van der Waals surface area contributed by atoms with Gasteiger partial charge in [0.05, 0.1) is 5.56 Å². The first kappa shape index (κ1) is 19.2. The van der Waals surface area contributed by atoms with Crippen molar-refractivity contribution in [2.75, 3.05) is 17.3 Å². The number of hydrogen-bond acceptors (Lipinski definition) is 3. The second-order valence-electron chi connectivity index (χ2n) is 6.35. The topological polar surface area (TPSA) is 58.6 Å². The predicted octanol–water partition coefficient (Wildman–Crippen LogP) is 4.50. The van der Waals surface area contributed by atoms with Crippen molar-refractivity contribution >= 4 is 23.2 Å². The van der Waals surface area contributed by atoms with E-state index in [1.54, 1.807) is 54.4 Å². The Morgan fingerprint density at radius 3 is 2.21 bits per heavy atom. The van der Waals surface area contributed by atoms with Crippen LogP contribution in [-0.2, 0) is 11.4 Å². The highest BCUT2D eigenvalue weighted by Gasteiger charge is 2.13. The molecule has 0 saturated carbocycles. The number of hydrogen-bond donors (Lipinski definition) is 1. The van der Waals surface area contributed by atoms with Gasteiger partial charge >= 0.3 is 0 Å². The first-order valence-corrected chi connectivity index (χ1v) is 8.96. The second-order valence-corrected chi connectivity index (χ2v) is 6.35. The summed E-state index contributed by atoms with van der Waals surface area (Å²) in [4.78, 5) is 25.7. The fraction of sp³-hybridized carbons (Fsp3) is 0.130. The van der Waals surface area contributed by atoms with Crippen LogP contribution in [-0.4, -0.2) is 18.9 Å². The number of para-hydroxylation sites is 1. The van der Waals surface area contributed by atoms with E-state index in [1.165, 1.54) is 6.92 Å². The Morgan fingerprint density at radius 1 is 0.893 bits per heavy atom. The summed E-state index contributed by atoms with van der Waals surface area (Å²) in [7, 11) is 1.70. The first-order chi connectivity index (χ1) is 13.5. The zero-order chi connectivity index (χ0) is 19.9. The summed E-state index contributed by atoms with van der Waals surface area (Å²) < 4.78 is 5.85. The predicted molar refractivity (Wildman–Crippen MR) is 111 cm³/mol. The van der Waals surface area contributed by atoms with Crippen molar-refractivity contribution in [2.45, 2.75) is 13.5 Å². The van der Waals surface area contributed by atoms with Crippen molar-refractivity contribution in [1.82, 2.24) is 0 Å². The molecule has 0 fully saturated rings. The third-order valence-corrected chi connectivity index (χ3v) is 4.35. The molecule has 142 valence electrons. The molecule has 2 amide bonds. The summed E-state index contributed by atoms with van der Waals surface area (Å²) in [5.41, 5.74) is 2.90. The summed E-state index contributed by atoms with van der Waals surface area (Å²) >= 11 is 0. The quantitative estimate of drug-likeness (QED) is 0.691. The zero-order valence-electron chi connectivity index (χ0n) is 15.9. The third-order valence-electron chi connectivity index (χ3n) is 4.35. The molecule has 0 aliphatic carbocycles. The summed E-state index contributed by atoms with van der Waals surface area (Å²) in [6.07, 6.45) is 0. The van der Waals surface area contributed by atoms with E-state index in [0.717, 1.165) is 11.3 Å². The van der Waals surface area contributed by atoms with E-state index in [1.807, 2.05) is 36.4 Å². The molecule has 0 aliphatic rings. The molecule has 0 atom stereocenters. The van der Waals surface area contributed by atoms with Gasteiger partial charge in [0.25, 0.3) is 5.91 Å². The van der Waals surface area contributed by atoms with Crippen LogP contribution in [0.5, 0.6) is 5.75 Å². The zero-order valence-corrected chi connectivity index (χ0v) is 15.9. The summed E-state index contributed by atoms with van der Waals surface area (Å²) in [5.74, 6) is 0.217. The van der Waals surface area contributed by atoms with Crippen molar-refractivity contribution in [1.29, 1.82) is 0 Å². The SMILES string of the molecule is CC(=O)N(C)c1ccc(NC(=O)c2ccccc2OCc2ccccc2)cc1. The molecule has 3 aromatic carbocycles. The van der Waals surface area contributed by atoms with Crippen LogP contribution in [0.15, 0.2) is 78.9 Å². The van der Waals surface area contributed by atoms with Gasteiger partial charge in [-0.05, 0) is 42.0 Å². The highest BCUT2D eigenvalue weighted by atomic mass is 16.5. The summed E-state index contributed by atoms with van der Waals surface area (Å²) in [5, 5.41) is 2.87. The van der Waals surface area contributed by atoms with Crippen LogP contribution in [0, 0.1) is 0 Å². The number of anilines is 2. The van der Waals surface area contributed by atoms with Crippen LogP contribution in [0.25, 0.3) is 0 Å². The van der Waals surface area contributed by atoms with E-state index in [0.29, 0.717) is 23.6 Å². The standard InChI is InChI=1S/C23H22N2O3/c1-17(26)25(2)20-14-12-19(13-15-20)24-23(27)21-10-6-7-11-22(21)28-16-18-8-4-3-5-9-18/h3-15H,16H2,1-2H3,(H,24,27). The molecule has 3 rings (SSSR count). The number of nitrogens with zero attached hydrogens (tertiary/aromatic N) is 1. The first-order valence-electron chi connectivity index (χ1n) is 8.96. The van der Waals surface area contributed by atoms with Gasteiger partial charge in [0, 0.05) is 25.3 Å². The van der Waals surface area contributed by atoms with Crippen LogP contribution >= 0.6 is 0 Å². The van der Waals surface area contributed by atoms with Crippen LogP contribution in [0.2, 0.25) is 0 Å².